The highest BCUT2D eigenvalue weighted by Gasteiger charge is 2.29. The lowest BCUT2D eigenvalue weighted by atomic mass is 10.2. The Bertz CT molecular complexity index is 534. The third kappa shape index (κ3) is 2.34. The Hall–Kier alpha value is -0.980. The molecule has 1 fully saturated rings. The maximum atomic E-state index is 12.4. The van der Waals surface area contributed by atoms with E-state index in [4.69, 9.17) is 18.0 Å². The predicted molar refractivity (Wildman–Crippen MR) is 70.3 cm³/mol. The number of rotatable bonds is 3. The van der Waals surface area contributed by atoms with Crippen LogP contribution in [0, 0.1) is 0 Å². The van der Waals surface area contributed by atoms with Gasteiger partial charge in [0.15, 0.2) is 0 Å². The second kappa shape index (κ2) is 4.72. The average Bonchev–Trinajstić information content (AvgIpc) is 2.83. The maximum Gasteiger partial charge on any atom is 0.243 e. The molecule has 2 N–H and O–H groups in total. The second-order valence-electron chi connectivity index (χ2n) is 3.97. The summed E-state index contributed by atoms with van der Waals surface area (Å²) in [5.41, 5.74) is 5.98. The van der Waals surface area contributed by atoms with Crippen LogP contribution in [-0.4, -0.2) is 30.8 Å². The summed E-state index contributed by atoms with van der Waals surface area (Å²) in [5, 5.41) is 0. The molecule has 2 rings (SSSR count). The van der Waals surface area contributed by atoms with Gasteiger partial charge < -0.3 is 5.73 Å². The van der Waals surface area contributed by atoms with Crippen LogP contribution in [-0.2, 0) is 10.0 Å². The summed E-state index contributed by atoms with van der Waals surface area (Å²) in [5.74, 6) is 0. The first-order chi connectivity index (χ1) is 8.03. The second-order valence-corrected chi connectivity index (χ2v) is 6.32. The Balaban J connectivity index is 2.49. The highest BCUT2D eigenvalue weighted by Crippen LogP contribution is 2.23. The van der Waals surface area contributed by atoms with Gasteiger partial charge in [-0.3, -0.25) is 0 Å². The van der Waals surface area contributed by atoms with E-state index in [2.05, 4.69) is 0 Å². The molecule has 0 atom stereocenters. The standard InChI is InChI=1S/C11H14N2O2S2/c12-11(16)9-5-1-2-6-10(9)17(14,15)13-7-3-4-8-13/h1-2,5-6H,3-4,7-8H2,(H2,12,16). The van der Waals surface area contributed by atoms with Crippen molar-refractivity contribution in [2.24, 2.45) is 5.73 Å². The first-order valence-electron chi connectivity index (χ1n) is 5.42. The van der Waals surface area contributed by atoms with Crippen molar-refractivity contribution in [3.63, 3.8) is 0 Å². The first kappa shape index (κ1) is 12.5. The van der Waals surface area contributed by atoms with E-state index in [1.54, 1.807) is 24.3 Å². The van der Waals surface area contributed by atoms with Crippen LogP contribution in [0.4, 0.5) is 0 Å². The smallest absolute Gasteiger partial charge is 0.243 e. The number of nitrogens with zero attached hydrogens (tertiary/aromatic N) is 1. The molecule has 0 unspecified atom stereocenters. The zero-order valence-corrected chi connectivity index (χ0v) is 10.9. The molecule has 1 heterocycles. The van der Waals surface area contributed by atoms with E-state index < -0.39 is 10.0 Å². The van der Waals surface area contributed by atoms with Crippen LogP contribution in [0.15, 0.2) is 29.2 Å². The molecule has 1 aliphatic heterocycles. The maximum absolute atomic E-state index is 12.4. The summed E-state index contributed by atoms with van der Waals surface area (Å²) < 4.78 is 26.2. The van der Waals surface area contributed by atoms with Gasteiger partial charge in [-0.1, -0.05) is 30.4 Å². The Morgan fingerprint density at radius 3 is 2.41 bits per heavy atom. The largest absolute Gasteiger partial charge is 0.389 e. The quantitative estimate of drug-likeness (QED) is 0.836. The summed E-state index contributed by atoms with van der Waals surface area (Å²) in [6.07, 6.45) is 1.82. The zero-order chi connectivity index (χ0) is 12.5. The molecule has 0 bridgehead atoms. The SMILES string of the molecule is NC(=S)c1ccccc1S(=O)(=O)N1CCCC1. The van der Waals surface area contributed by atoms with Crippen molar-refractivity contribution >= 4 is 27.2 Å². The van der Waals surface area contributed by atoms with Gasteiger partial charge in [-0.05, 0) is 18.9 Å². The number of thiocarbonyl (C=S) groups is 1. The highest BCUT2D eigenvalue weighted by molar-refractivity contribution is 7.89. The van der Waals surface area contributed by atoms with Crippen molar-refractivity contribution in [3.8, 4) is 0 Å². The average molecular weight is 270 g/mol. The van der Waals surface area contributed by atoms with Crippen LogP contribution in [0.2, 0.25) is 0 Å². The van der Waals surface area contributed by atoms with Gasteiger partial charge in [0, 0.05) is 18.7 Å². The van der Waals surface area contributed by atoms with Crippen LogP contribution >= 0.6 is 12.2 Å². The Morgan fingerprint density at radius 1 is 1.24 bits per heavy atom. The predicted octanol–water partition coefficient (Wildman–Crippen LogP) is 1.11. The highest BCUT2D eigenvalue weighted by atomic mass is 32.2. The minimum Gasteiger partial charge on any atom is -0.389 e. The number of benzene rings is 1. The molecule has 92 valence electrons. The minimum atomic E-state index is -3.45. The van der Waals surface area contributed by atoms with Crippen LogP contribution in [0.25, 0.3) is 0 Å². The van der Waals surface area contributed by atoms with Gasteiger partial charge in [-0.2, -0.15) is 4.31 Å². The van der Waals surface area contributed by atoms with Gasteiger partial charge in [0.25, 0.3) is 0 Å². The molecule has 0 amide bonds. The van der Waals surface area contributed by atoms with E-state index in [0.29, 0.717) is 18.7 Å². The number of hydrogen-bond acceptors (Lipinski definition) is 3. The van der Waals surface area contributed by atoms with E-state index in [-0.39, 0.29) is 9.88 Å². The molecule has 17 heavy (non-hydrogen) atoms. The van der Waals surface area contributed by atoms with Gasteiger partial charge in [0.2, 0.25) is 10.0 Å². The fraction of sp³-hybridized carbons (Fsp3) is 0.364. The van der Waals surface area contributed by atoms with E-state index in [1.807, 2.05) is 0 Å². The number of hydrogen-bond donors (Lipinski definition) is 1. The zero-order valence-electron chi connectivity index (χ0n) is 9.30. The number of nitrogens with two attached hydrogens (primary N) is 1. The third-order valence-electron chi connectivity index (χ3n) is 2.84. The minimum absolute atomic E-state index is 0.114. The van der Waals surface area contributed by atoms with Crippen molar-refractivity contribution in [1.82, 2.24) is 4.31 Å². The van der Waals surface area contributed by atoms with Crippen LogP contribution < -0.4 is 5.73 Å². The van der Waals surface area contributed by atoms with E-state index in [0.717, 1.165) is 12.8 Å². The van der Waals surface area contributed by atoms with Crippen molar-refractivity contribution < 1.29 is 8.42 Å². The van der Waals surface area contributed by atoms with E-state index in [1.165, 1.54) is 4.31 Å². The third-order valence-corrected chi connectivity index (χ3v) is 5.01. The summed E-state index contributed by atoms with van der Waals surface area (Å²) in [4.78, 5) is 0.331. The van der Waals surface area contributed by atoms with Crippen molar-refractivity contribution in [1.29, 1.82) is 0 Å². The molecule has 0 aromatic heterocycles. The van der Waals surface area contributed by atoms with Gasteiger partial charge in [-0.25, -0.2) is 8.42 Å². The molecular weight excluding hydrogens is 256 g/mol. The summed E-state index contributed by atoms with van der Waals surface area (Å²) in [7, 11) is -3.45. The summed E-state index contributed by atoms with van der Waals surface area (Å²) in [6.45, 7) is 1.15. The Kier molecular flexibility index (Phi) is 3.46. The molecule has 0 aliphatic carbocycles. The van der Waals surface area contributed by atoms with Crippen molar-refractivity contribution in [2.45, 2.75) is 17.7 Å². The van der Waals surface area contributed by atoms with Gasteiger partial charge in [0.05, 0.1) is 4.90 Å². The Labute approximate surface area is 106 Å². The Morgan fingerprint density at radius 2 is 1.82 bits per heavy atom. The molecule has 6 heteroatoms. The molecule has 4 nitrogen and oxygen atoms in total. The lowest BCUT2D eigenvalue weighted by Gasteiger charge is -2.17. The summed E-state index contributed by atoms with van der Waals surface area (Å²) >= 11 is 4.89. The molecule has 0 radical (unpaired) electrons. The molecule has 0 spiro atoms. The molecular formula is C11H14N2O2S2. The van der Waals surface area contributed by atoms with Crippen molar-refractivity contribution in [2.75, 3.05) is 13.1 Å². The monoisotopic (exact) mass is 270 g/mol. The van der Waals surface area contributed by atoms with E-state index in [9.17, 15) is 8.42 Å². The van der Waals surface area contributed by atoms with Gasteiger partial charge in [-0.15, -0.1) is 0 Å². The summed E-state index contributed by atoms with van der Waals surface area (Å²) in [6, 6.07) is 6.62. The number of sulfonamides is 1. The molecule has 1 aliphatic rings. The lowest BCUT2D eigenvalue weighted by Crippen LogP contribution is -2.29. The normalized spacial score (nSPS) is 17.2. The van der Waals surface area contributed by atoms with Crippen LogP contribution in [0.1, 0.15) is 18.4 Å². The first-order valence-corrected chi connectivity index (χ1v) is 7.27. The van der Waals surface area contributed by atoms with Gasteiger partial charge in [0.1, 0.15) is 4.99 Å². The molecule has 1 aromatic rings. The fourth-order valence-corrected chi connectivity index (χ4v) is 3.93. The van der Waals surface area contributed by atoms with E-state index >= 15 is 0 Å². The lowest BCUT2D eigenvalue weighted by molar-refractivity contribution is 0.477. The molecule has 1 saturated heterocycles. The van der Waals surface area contributed by atoms with Crippen molar-refractivity contribution in [3.05, 3.63) is 29.8 Å². The van der Waals surface area contributed by atoms with Gasteiger partial charge >= 0.3 is 0 Å². The van der Waals surface area contributed by atoms with Crippen LogP contribution in [0.3, 0.4) is 0 Å². The van der Waals surface area contributed by atoms with Crippen LogP contribution in [0.5, 0.6) is 0 Å². The molecule has 0 saturated carbocycles. The molecule has 1 aromatic carbocycles. The topological polar surface area (TPSA) is 63.4 Å². The fourth-order valence-electron chi connectivity index (χ4n) is 1.96.